The summed E-state index contributed by atoms with van der Waals surface area (Å²) < 4.78 is 15.2. The van der Waals surface area contributed by atoms with Crippen LogP contribution >= 0.6 is 11.3 Å². The summed E-state index contributed by atoms with van der Waals surface area (Å²) in [7, 11) is 0. The smallest absolute Gasteiger partial charge is 0.230 e. The second-order valence-electron chi connectivity index (χ2n) is 5.80. The van der Waals surface area contributed by atoms with Crippen LogP contribution in [0.2, 0.25) is 0 Å². The van der Waals surface area contributed by atoms with Gasteiger partial charge < -0.3 is 5.11 Å². The average molecular weight is 332 g/mol. The van der Waals surface area contributed by atoms with Crippen molar-refractivity contribution < 1.29 is 9.50 Å². The quantitative estimate of drug-likeness (QED) is 0.800. The van der Waals surface area contributed by atoms with Gasteiger partial charge in [-0.3, -0.25) is 4.90 Å². The standard InChI is InChI=1S/C16H17FN4OS/c17-12-6-4-5-11(9-12)13(20-7-2-1-3-8-20)14-15(22)21-16(23-14)18-10-19-21/h4-6,9-10,13,22H,1-3,7-8H2. The number of piperidine rings is 1. The number of fused-ring (bicyclic) bond motifs is 1. The predicted molar refractivity (Wildman–Crippen MR) is 86.2 cm³/mol. The van der Waals surface area contributed by atoms with Gasteiger partial charge in [-0.2, -0.15) is 9.61 Å². The van der Waals surface area contributed by atoms with E-state index in [-0.39, 0.29) is 17.7 Å². The van der Waals surface area contributed by atoms with Crippen molar-refractivity contribution in [1.29, 1.82) is 0 Å². The third-order valence-electron chi connectivity index (χ3n) is 4.31. The summed E-state index contributed by atoms with van der Waals surface area (Å²) in [6, 6.07) is 6.46. The van der Waals surface area contributed by atoms with Crippen molar-refractivity contribution in [2.75, 3.05) is 13.1 Å². The summed E-state index contributed by atoms with van der Waals surface area (Å²) >= 11 is 1.41. The molecule has 0 radical (unpaired) electrons. The molecule has 3 aromatic rings. The highest BCUT2D eigenvalue weighted by Gasteiger charge is 2.30. The van der Waals surface area contributed by atoms with E-state index < -0.39 is 0 Å². The fraction of sp³-hybridized carbons (Fsp3) is 0.375. The maximum atomic E-state index is 13.7. The summed E-state index contributed by atoms with van der Waals surface area (Å²) in [5.74, 6) is -0.161. The molecule has 1 saturated heterocycles. The molecule has 0 aliphatic carbocycles. The molecule has 1 atom stereocenters. The average Bonchev–Trinajstić information content (AvgIpc) is 3.13. The van der Waals surface area contributed by atoms with Gasteiger partial charge in [0, 0.05) is 0 Å². The fourth-order valence-electron chi connectivity index (χ4n) is 3.25. The van der Waals surface area contributed by atoms with E-state index in [0.717, 1.165) is 36.4 Å². The second kappa shape index (κ2) is 5.90. The van der Waals surface area contributed by atoms with E-state index in [1.807, 2.05) is 6.07 Å². The van der Waals surface area contributed by atoms with Gasteiger partial charge in [-0.25, -0.2) is 9.37 Å². The van der Waals surface area contributed by atoms with Gasteiger partial charge in [-0.15, -0.1) is 0 Å². The first-order valence-corrected chi connectivity index (χ1v) is 8.56. The van der Waals surface area contributed by atoms with Crippen LogP contribution in [0, 0.1) is 5.82 Å². The van der Waals surface area contributed by atoms with Gasteiger partial charge in [0.15, 0.2) is 0 Å². The van der Waals surface area contributed by atoms with E-state index in [2.05, 4.69) is 15.0 Å². The van der Waals surface area contributed by atoms with Crippen molar-refractivity contribution in [2.24, 2.45) is 0 Å². The summed E-state index contributed by atoms with van der Waals surface area (Å²) in [5.41, 5.74) is 0.853. The molecule has 120 valence electrons. The molecule has 1 unspecified atom stereocenters. The number of rotatable bonds is 3. The third kappa shape index (κ3) is 2.60. The Kier molecular flexibility index (Phi) is 3.74. The number of aromatic nitrogens is 3. The summed E-state index contributed by atoms with van der Waals surface area (Å²) in [6.07, 6.45) is 4.88. The van der Waals surface area contributed by atoms with Gasteiger partial charge in [-0.05, 0) is 43.6 Å². The highest BCUT2D eigenvalue weighted by molar-refractivity contribution is 7.17. The molecule has 5 nitrogen and oxygen atoms in total. The Morgan fingerprint density at radius 3 is 2.78 bits per heavy atom. The van der Waals surface area contributed by atoms with E-state index in [9.17, 15) is 9.50 Å². The Morgan fingerprint density at radius 1 is 1.22 bits per heavy atom. The molecule has 1 N–H and O–H groups in total. The number of benzene rings is 1. The van der Waals surface area contributed by atoms with E-state index in [1.165, 1.54) is 34.7 Å². The zero-order valence-corrected chi connectivity index (χ0v) is 13.3. The molecule has 0 spiro atoms. The van der Waals surface area contributed by atoms with E-state index in [4.69, 9.17) is 0 Å². The lowest BCUT2D eigenvalue weighted by Gasteiger charge is -2.34. The van der Waals surface area contributed by atoms with Crippen molar-refractivity contribution in [3.8, 4) is 5.88 Å². The topological polar surface area (TPSA) is 53.7 Å². The van der Waals surface area contributed by atoms with Crippen molar-refractivity contribution >= 4 is 16.3 Å². The first-order valence-electron chi connectivity index (χ1n) is 7.75. The zero-order valence-electron chi connectivity index (χ0n) is 12.5. The molecule has 0 saturated carbocycles. The normalized spacial score (nSPS) is 17.6. The Morgan fingerprint density at radius 2 is 2.04 bits per heavy atom. The van der Waals surface area contributed by atoms with Crippen molar-refractivity contribution in [3.05, 3.63) is 46.9 Å². The number of hydrogen-bond donors (Lipinski definition) is 1. The number of thiazole rings is 1. The highest BCUT2D eigenvalue weighted by atomic mass is 32.1. The van der Waals surface area contributed by atoms with Crippen LogP contribution in [-0.4, -0.2) is 37.7 Å². The van der Waals surface area contributed by atoms with Crippen LogP contribution in [0.4, 0.5) is 4.39 Å². The molecular weight excluding hydrogens is 315 g/mol. The lowest BCUT2D eigenvalue weighted by atomic mass is 10.0. The third-order valence-corrected chi connectivity index (χ3v) is 5.39. The van der Waals surface area contributed by atoms with Gasteiger partial charge in [0.25, 0.3) is 0 Å². The monoisotopic (exact) mass is 332 g/mol. The van der Waals surface area contributed by atoms with Gasteiger partial charge >= 0.3 is 0 Å². The first kappa shape index (κ1) is 14.6. The van der Waals surface area contributed by atoms with Crippen molar-refractivity contribution in [1.82, 2.24) is 19.5 Å². The lowest BCUT2D eigenvalue weighted by Crippen LogP contribution is -2.34. The van der Waals surface area contributed by atoms with Crippen molar-refractivity contribution in [2.45, 2.75) is 25.3 Å². The predicted octanol–water partition coefficient (Wildman–Crippen LogP) is 3.21. The molecule has 4 rings (SSSR count). The number of nitrogens with zero attached hydrogens (tertiary/aromatic N) is 4. The van der Waals surface area contributed by atoms with Crippen molar-refractivity contribution in [3.63, 3.8) is 0 Å². The first-order chi connectivity index (χ1) is 11.2. The summed E-state index contributed by atoms with van der Waals surface area (Å²) in [4.78, 5) is 7.89. The highest BCUT2D eigenvalue weighted by Crippen LogP contribution is 2.40. The molecule has 1 fully saturated rings. The van der Waals surface area contributed by atoms with Crippen LogP contribution in [-0.2, 0) is 0 Å². The number of hydrogen-bond acceptors (Lipinski definition) is 5. The van der Waals surface area contributed by atoms with E-state index in [1.54, 1.807) is 12.1 Å². The molecular formula is C16H17FN4OS. The number of aromatic hydroxyl groups is 1. The molecule has 0 amide bonds. The maximum absolute atomic E-state index is 13.7. The van der Waals surface area contributed by atoms with Crippen LogP contribution in [0.3, 0.4) is 0 Å². The van der Waals surface area contributed by atoms with Crippen LogP contribution in [0.1, 0.15) is 35.7 Å². The number of halogens is 1. The van der Waals surface area contributed by atoms with Gasteiger partial charge in [0.1, 0.15) is 12.1 Å². The molecule has 23 heavy (non-hydrogen) atoms. The van der Waals surface area contributed by atoms with Gasteiger partial charge in [-0.1, -0.05) is 29.9 Å². The van der Waals surface area contributed by atoms with Gasteiger partial charge in [0.2, 0.25) is 10.8 Å². The SMILES string of the molecule is Oc1c(C(c2cccc(F)c2)N2CCCCC2)sc2ncnn12. The molecule has 1 aromatic carbocycles. The minimum Gasteiger partial charge on any atom is -0.492 e. The van der Waals surface area contributed by atoms with Crippen LogP contribution < -0.4 is 0 Å². The van der Waals surface area contributed by atoms with E-state index in [0.29, 0.717) is 4.96 Å². The van der Waals surface area contributed by atoms with Crippen LogP contribution in [0.5, 0.6) is 5.88 Å². The summed E-state index contributed by atoms with van der Waals surface area (Å²) in [5, 5.41) is 14.6. The van der Waals surface area contributed by atoms with Crippen LogP contribution in [0.25, 0.3) is 4.96 Å². The largest absolute Gasteiger partial charge is 0.492 e. The zero-order chi connectivity index (χ0) is 15.8. The van der Waals surface area contributed by atoms with Crippen LogP contribution in [0.15, 0.2) is 30.6 Å². The molecule has 0 bridgehead atoms. The fourth-order valence-corrected chi connectivity index (χ4v) is 4.34. The minimum atomic E-state index is -0.261. The minimum absolute atomic E-state index is 0.0994. The molecule has 1 aliphatic rings. The summed E-state index contributed by atoms with van der Waals surface area (Å²) in [6.45, 7) is 1.88. The Hall–Kier alpha value is -1.99. The molecule has 7 heteroatoms. The molecule has 3 heterocycles. The molecule has 1 aliphatic heterocycles. The Bertz CT molecular complexity index is 824. The molecule has 2 aromatic heterocycles. The van der Waals surface area contributed by atoms with Gasteiger partial charge in [0.05, 0.1) is 10.9 Å². The maximum Gasteiger partial charge on any atom is 0.230 e. The lowest BCUT2D eigenvalue weighted by molar-refractivity contribution is 0.186. The Labute approximate surface area is 137 Å². The number of likely N-dealkylation sites (tertiary alicyclic amines) is 1. The Balaban J connectivity index is 1.83. The van der Waals surface area contributed by atoms with E-state index >= 15 is 0 Å². The second-order valence-corrected chi connectivity index (χ2v) is 6.81.